The van der Waals surface area contributed by atoms with Gasteiger partial charge < -0.3 is 20.7 Å². The second kappa shape index (κ2) is 11.9. The van der Waals surface area contributed by atoms with Gasteiger partial charge >= 0.3 is 6.18 Å². The number of aromatic nitrogens is 1. The Balaban J connectivity index is 1.68. The van der Waals surface area contributed by atoms with Gasteiger partial charge in [-0.25, -0.2) is 4.98 Å². The van der Waals surface area contributed by atoms with E-state index in [1.807, 2.05) is 13.0 Å². The number of anilines is 1. The van der Waals surface area contributed by atoms with E-state index in [9.17, 15) is 18.0 Å². The maximum absolute atomic E-state index is 12.1. The number of nitrogens with zero attached hydrogens (tertiary/aromatic N) is 2. The number of benzene rings is 1. The van der Waals surface area contributed by atoms with Crippen molar-refractivity contribution in [3.63, 3.8) is 0 Å². The van der Waals surface area contributed by atoms with Gasteiger partial charge in [0, 0.05) is 32.8 Å². The molecule has 2 rings (SSSR count). The smallest absolute Gasteiger partial charge is 0.367 e. The molecule has 10 heteroatoms. The van der Waals surface area contributed by atoms with Gasteiger partial charge in [-0.15, -0.1) is 0 Å². The fourth-order valence-corrected chi connectivity index (χ4v) is 2.49. The van der Waals surface area contributed by atoms with Crippen LogP contribution in [0.5, 0.6) is 0 Å². The number of rotatable bonds is 9. The number of hydrogen-bond donors (Lipinski definition) is 3. The van der Waals surface area contributed by atoms with Crippen molar-refractivity contribution in [1.29, 1.82) is 0 Å². The monoisotopic (exact) mass is 437 g/mol. The molecule has 1 aromatic heterocycles. The first-order chi connectivity index (χ1) is 14.7. The van der Waals surface area contributed by atoms with Gasteiger partial charge in [0.25, 0.3) is 0 Å². The Morgan fingerprint density at radius 2 is 1.81 bits per heavy atom. The van der Waals surface area contributed by atoms with E-state index in [-0.39, 0.29) is 18.9 Å². The van der Waals surface area contributed by atoms with Crippen LogP contribution < -0.4 is 16.0 Å². The van der Waals surface area contributed by atoms with Gasteiger partial charge in [-0.3, -0.25) is 9.79 Å². The lowest BCUT2D eigenvalue weighted by Crippen LogP contribution is -2.38. The zero-order valence-corrected chi connectivity index (χ0v) is 17.4. The highest BCUT2D eigenvalue weighted by atomic mass is 19.4. The number of carbonyl (C=O) groups excluding carboxylic acids is 1. The summed E-state index contributed by atoms with van der Waals surface area (Å²) in [5.41, 5.74) is 2.59. The lowest BCUT2D eigenvalue weighted by atomic mass is 10.1. The molecule has 1 heterocycles. The van der Waals surface area contributed by atoms with E-state index in [4.69, 9.17) is 0 Å². The molecule has 0 saturated heterocycles. The predicted octanol–water partition coefficient (Wildman–Crippen LogP) is 3.16. The minimum atomic E-state index is -4.33. The molecular formula is C21H26F3N5O2. The summed E-state index contributed by atoms with van der Waals surface area (Å²) in [6.45, 7) is 1.40. The minimum Gasteiger partial charge on any atom is -0.367 e. The van der Waals surface area contributed by atoms with Crippen LogP contribution in [0.25, 0.3) is 0 Å². The summed E-state index contributed by atoms with van der Waals surface area (Å²) < 4.78 is 40.9. The molecule has 0 bridgehead atoms. The largest absolute Gasteiger partial charge is 0.411 e. The van der Waals surface area contributed by atoms with E-state index in [0.717, 1.165) is 11.1 Å². The summed E-state index contributed by atoms with van der Waals surface area (Å²) in [4.78, 5) is 20.2. The van der Waals surface area contributed by atoms with E-state index in [2.05, 4.69) is 30.7 Å². The molecule has 2 aromatic rings. The van der Waals surface area contributed by atoms with Crippen molar-refractivity contribution in [3.8, 4) is 0 Å². The van der Waals surface area contributed by atoms with Crippen LogP contribution in [-0.2, 0) is 22.7 Å². The van der Waals surface area contributed by atoms with E-state index < -0.39 is 12.8 Å². The summed E-state index contributed by atoms with van der Waals surface area (Å²) in [7, 11) is 1.62. The molecule has 31 heavy (non-hydrogen) atoms. The molecule has 0 aliphatic rings. The second-order valence-corrected chi connectivity index (χ2v) is 6.80. The minimum absolute atomic E-state index is 0.101. The van der Waals surface area contributed by atoms with E-state index >= 15 is 0 Å². The maximum Gasteiger partial charge on any atom is 0.411 e. The van der Waals surface area contributed by atoms with Crippen LogP contribution >= 0.6 is 0 Å². The Morgan fingerprint density at radius 3 is 2.42 bits per heavy atom. The third-order valence-electron chi connectivity index (χ3n) is 4.06. The molecule has 1 amide bonds. The number of alkyl halides is 3. The van der Waals surface area contributed by atoms with E-state index in [1.165, 1.54) is 0 Å². The summed E-state index contributed by atoms with van der Waals surface area (Å²) in [5.74, 6) is 0.867. The Labute approximate surface area is 179 Å². The normalized spacial score (nSPS) is 11.8. The zero-order valence-electron chi connectivity index (χ0n) is 17.4. The highest BCUT2D eigenvalue weighted by Crippen LogP contribution is 2.15. The quantitative estimate of drug-likeness (QED) is 0.414. The number of aliphatic imine (C=N–C) groups is 1. The van der Waals surface area contributed by atoms with Crippen molar-refractivity contribution >= 4 is 17.7 Å². The van der Waals surface area contributed by atoms with Gasteiger partial charge in [0.1, 0.15) is 12.4 Å². The molecule has 0 unspecified atom stereocenters. The average molecular weight is 437 g/mol. The average Bonchev–Trinajstić information content (AvgIpc) is 2.72. The Hall–Kier alpha value is -3.14. The molecule has 168 valence electrons. The molecule has 0 saturated carbocycles. The first-order valence-corrected chi connectivity index (χ1v) is 9.64. The van der Waals surface area contributed by atoms with Crippen molar-refractivity contribution in [2.45, 2.75) is 32.7 Å². The first-order valence-electron chi connectivity index (χ1n) is 9.64. The molecule has 0 spiro atoms. The molecule has 7 nitrogen and oxygen atoms in total. The van der Waals surface area contributed by atoms with Crippen molar-refractivity contribution in [1.82, 2.24) is 15.6 Å². The van der Waals surface area contributed by atoms with Crippen LogP contribution in [0.2, 0.25) is 0 Å². The van der Waals surface area contributed by atoms with E-state index in [1.54, 1.807) is 43.6 Å². The van der Waals surface area contributed by atoms with Crippen molar-refractivity contribution in [2.24, 2.45) is 4.99 Å². The molecule has 0 fully saturated rings. The number of ether oxygens (including phenoxy) is 1. The van der Waals surface area contributed by atoms with Crippen LogP contribution in [0, 0.1) is 6.92 Å². The maximum atomic E-state index is 12.1. The number of hydrogen-bond acceptors (Lipinski definition) is 4. The van der Waals surface area contributed by atoms with Crippen LogP contribution in [0.4, 0.5) is 19.0 Å². The van der Waals surface area contributed by atoms with Gasteiger partial charge in [0.05, 0.1) is 6.61 Å². The third-order valence-corrected chi connectivity index (χ3v) is 4.06. The summed E-state index contributed by atoms with van der Waals surface area (Å²) in [5, 5.41) is 8.89. The van der Waals surface area contributed by atoms with Crippen LogP contribution in [0.15, 0.2) is 47.6 Å². The van der Waals surface area contributed by atoms with Crippen LogP contribution in [0.3, 0.4) is 0 Å². The molecule has 0 aliphatic carbocycles. The van der Waals surface area contributed by atoms with Gasteiger partial charge in [0.15, 0.2) is 5.96 Å². The number of amides is 1. The lowest BCUT2D eigenvalue weighted by Gasteiger charge is -2.12. The summed E-state index contributed by atoms with van der Waals surface area (Å²) >= 11 is 0. The molecule has 1 aromatic carbocycles. The van der Waals surface area contributed by atoms with Gasteiger partial charge in [-0.1, -0.05) is 30.3 Å². The Bertz CT molecular complexity index is 853. The highest BCUT2D eigenvalue weighted by Gasteiger charge is 2.27. The fraction of sp³-hybridized carbons (Fsp3) is 0.381. The molecular weight excluding hydrogens is 411 g/mol. The number of aryl methyl sites for hydroxylation is 1. The first kappa shape index (κ1) is 24.1. The fourth-order valence-electron chi connectivity index (χ4n) is 2.49. The topological polar surface area (TPSA) is 87.6 Å². The van der Waals surface area contributed by atoms with Gasteiger partial charge in [0.2, 0.25) is 5.91 Å². The number of halogens is 3. The number of carbonyl (C=O) groups is 1. The molecule has 0 aliphatic heterocycles. The number of pyridine rings is 1. The van der Waals surface area contributed by atoms with Crippen LogP contribution in [-0.4, -0.2) is 43.2 Å². The Morgan fingerprint density at radius 1 is 1.10 bits per heavy atom. The molecule has 0 atom stereocenters. The van der Waals surface area contributed by atoms with Crippen LogP contribution in [0.1, 0.15) is 23.1 Å². The predicted molar refractivity (Wildman–Crippen MR) is 113 cm³/mol. The third kappa shape index (κ3) is 9.94. The Kier molecular flexibility index (Phi) is 9.26. The van der Waals surface area contributed by atoms with E-state index in [0.29, 0.717) is 30.4 Å². The summed E-state index contributed by atoms with van der Waals surface area (Å²) in [6.07, 6.45) is -2.41. The second-order valence-electron chi connectivity index (χ2n) is 6.80. The zero-order chi connectivity index (χ0) is 22.7. The molecule has 0 radical (unpaired) electrons. The van der Waals surface area contributed by atoms with Gasteiger partial charge in [-0.2, -0.15) is 13.2 Å². The SMILES string of the molecule is CN=C(NCCC(=O)Nc1ccc(C)cn1)NCc1ccc(COCC(F)(F)F)cc1. The lowest BCUT2D eigenvalue weighted by molar-refractivity contribution is -0.176. The standard InChI is InChI=1S/C21H26F3N5O2/c1-15-3-8-18(27-11-15)29-19(30)9-10-26-20(25-2)28-12-16-4-6-17(7-5-16)13-31-14-21(22,23)24/h3-8,11H,9-10,12-14H2,1-2H3,(H2,25,26,28)(H,27,29,30). The number of guanidine groups is 1. The highest BCUT2D eigenvalue weighted by molar-refractivity contribution is 5.90. The van der Waals surface area contributed by atoms with Gasteiger partial charge in [-0.05, 0) is 29.7 Å². The summed E-state index contributed by atoms with van der Waals surface area (Å²) in [6, 6.07) is 10.6. The molecule has 3 N–H and O–H groups in total. The number of nitrogens with one attached hydrogen (secondary N) is 3. The van der Waals surface area contributed by atoms with Crippen molar-refractivity contribution < 1.29 is 22.7 Å². The van der Waals surface area contributed by atoms with Crippen molar-refractivity contribution in [3.05, 3.63) is 59.3 Å². The van der Waals surface area contributed by atoms with Crippen molar-refractivity contribution in [2.75, 3.05) is 25.5 Å².